The summed E-state index contributed by atoms with van der Waals surface area (Å²) < 4.78 is 0. The molecular weight excluding hydrogens is 162 g/mol. The molecule has 0 unspecified atom stereocenters. The molecule has 1 aliphatic heterocycles. The van der Waals surface area contributed by atoms with E-state index in [1.165, 1.54) is 6.08 Å². The summed E-state index contributed by atoms with van der Waals surface area (Å²) in [6.45, 7) is 7.68. The van der Waals surface area contributed by atoms with Crippen molar-refractivity contribution in [2.45, 2.75) is 32.6 Å². The van der Waals surface area contributed by atoms with Gasteiger partial charge in [-0.25, -0.2) is 0 Å². The van der Waals surface area contributed by atoms with E-state index in [2.05, 4.69) is 18.8 Å². The molecule has 0 radical (unpaired) electrons. The van der Waals surface area contributed by atoms with Crippen molar-refractivity contribution in [1.29, 1.82) is 0 Å². The summed E-state index contributed by atoms with van der Waals surface area (Å²) in [5, 5.41) is 3.29. The molecule has 1 N–H and O–H groups in total. The van der Waals surface area contributed by atoms with Crippen LogP contribution in [0.2, 0.25) is 0 Å². The molecule has 0 aliphatic carbocycles. The lowest BCUT2D eigenvalue weighted by atomic mass is 9.72. The van der Waals surface area contributed by atoms with Gasteiger partial charge in [-0.1, -0.05) is 19.9 Å². The van der Waals surface area contributed by atoms with Crippen molar-refractivity contribution in [3.63, 3.8) is 0 Å². The molecule has 1 heterocycles. The maximum absolute atomic E-state index is 11.7. The largest absolute Gasteiger partial charge is 0.317 e. The Kier molecular flexibility index (Phi) is 3.67. The van der Waals surface area contributed by atoms with E-state index in [1.807, 2.05) is 0 Å². The Hall–Kier alpha value is -0.630. The summed E-state index contributed by atoms with van der Waals surface area (Å²) in [6.07, 6.45) is 5.55. The first kappa shape index (κ1) is 10.5. The molecule has 0 saturated carbocycles. The lowest BCUT2D eigenvalue weighted by molar-refractivity contribution is -0.125. The van der Waals surface area contributed by atoms with Gasteiger partial charge in [-0.15, -0.1) is 0 Å². The minimum absolute atomic E-state index is 0.0816. The fraction of sp³-hybridized carbons (Fsp3) is 0.727. The molecule has 0 atom stereocenters. The minimum Gasteiger partial charge on any atom is -0.317 e. The Morgan fingerprint density at radius 2 is 2.15 bits per heavy atom. The average molecular weight is 181 g/mol. The number of rotatable bonds is 4. The quantitative estimate of drug-likeness (QED) is 0.671. The summed E-state index contributed by atoms with van der Waals surface area (Å²) in [5.74, 6) is 0.246. The van der Waals surface area contributed by atoms with E-state index in [-0.39, 0.29) is 11.2 Å². The molecular formula is C11H19NO. The van der Waals surface area contributed by atoms with Crippen molar-refractivity contribution in [1.82, 2.24) is 5.32 Å². The lowest BCUT2D eigenvalue weighted by Gasteiger charge is -2.35. The predicted molar refractivity (Wildman–Crippen MR) is 54.6 cm³/mol. The molecule has 13 heavy (non-hydrogen) atoms. The normalized spacial score (nSPS) is 21.0. The first-order valence-electron chi connectivity index (χ1n) is 5.13. The number of hydrogen-bond acceptors (Lipinski definition) is 2. The Morgan fingerprint density at radius 3 is 2.62 bits per heavy atom. The molecule has 0 aromatic rings. The van der Waals surface area contributed by atoms with Crippen LogP contribution in [-0.2, 0) is 4.79 Å². The van der Waals surface area contributed by atoms with E-state index in [0.717, 1.165) is 38.8 Å². The third-order valence-corrected chi connectivity index (χ3v) is 3.00. The van der Waals surface area contributed by atoms with Gasteiger partial charge in [0.05, 0.1) is 0 Å². The number of ketones is 1. The van der Waals surface area contributed by atoms with Crippen molar-refractivity contribution in [2.75, 3.05) is 13.1 Å². The minimum atomic E-state index is -0.0816. The van der Waals surface area contributed by atoms with E-state index < -0.39 is 0 Å². The Labute approximate surface area is 80.4 Å². The number of nitrogens with one attached hydrogen (secondary N) is 1. The molecule has 0 aromatic carbocycles. The first-order chi connectivity index (χ1) is 6.25. The van der Waals surface area contributed by atoms with Crippen molar-refractivity contribution in [2.24, 2.45) is 5.41 Å². The van der Waals surface area contributed by atoms with Gasteiger partial charge >= 0.3 is 0 Å². The highest BCUT2D eigenvalue weighted by Gasteiger charge is 2.36. The smallest absolute Gasteiger partial charge is 0.161 e. The van der Waals surface area contributed by atoms with E-state index in [1.54, 1.807) is 0 Å². The van der Waals surface area contributed by atoms with Crippen LogP contribution in [0, 0.1) is 5.41 Å². The van der Waals surface area contributed by atoms with E-state index >= 15 is 0 Å². The van der Waals surface area contributed by atoms with Gasteiger partial charge in [0.15, 0.2) is 5.78 Å². The van der Waals surface area contributed by atoms with Crippen molar-refractivity contribution in [3.8, 4) is 0 Å². The van der Waals surface area contributed by atoms with E-state index in [9.17, 15) is 4.79 Å². The van der Waals surface area contributed by atoms with E-state index in [4.69, 9.17) is 0 Å². The van der Waals surface area contributed by atoms with Gasteiger partial charge in [-0.3, -0.25) is 4.79 Å². The van der Waals surface area contributed by atoms with Crippen LogP contribution in [0.5, 0.6) is 0 Å². The average Bonchev–Trinajstić information content (AvgIpc) is 2.18. The van der Waals surface area contributed by atoms with Gasteiger partial charge in [-0.05, 0) is 38.4 Å². The number of piperidine rings is 1. The van der Waals surface area contributed by atoms with Crippen molar-refractivity contribution in [3.05, 3.63) is 12.7 Å². The molecule has 0 aromatic heterocycles. The first-order valence-corrected chi connectivity index (χ1v) is 5.13. The van der Waals surface area contributed by atoms with Gasteiger partial charge in [0.1, 0.15) is 0 Å². The van der Waals surface area contributed by atoms with Crippen LogP contribution in [0.4, 0.5) is 0 Å². The molecule has 2 nitrogen and oxygen atoms in total. The fourth-order valence-corrected chi connectivity index (χ4v) is 2.22. The Bertz CT molecular complexity index is 187. The van der Waals surface area contributed by atoms with Crippen LogP contribution in [0.25, 0.3) is 0 Å². The molecule has 1 aliphatic rings. The lowest BCUT2D eigenvalue weighted by Crippen LogP contribution is -2.41. The van der Waals surface area contributed by atoms with Gasteiger partial charge in [0, 0.05) is 5.41 Å². The number of carbonyl (C=O) groups is 1. The second kappa shape index (κ2) is 4.56. The molecule has 0 spiro atoms. The van der Waals surface area contributed by atoms with Gasteiger partial charge in [0.25, 0.3) is 0 Å². The van der Waals surface area contributed by atoms with Crippen molar-refractivity contribution < 1.29 is 4.79 Å². The summed E-state index contributed by atoms with van der Waals surface area (Å²) in [5.41, 5.74) is -0.0816. The fourth-order valence-electron chi connectivity index (χ4n) is 2.22. The predicted octanol–water partition coefficient (Wildman–Crippen LogP) is 1.91. The number of allylic oxidation sites excluding steroid dienone is 1. The van der Waals surface area contributed by atoms with Crippen LogP contribution < -0.4 is 5.32 Å². The zero-order chi connectivity index (χ0) is 9.73. The Morgan fingerprint density at radius 1 is 1.54 bits per heavy atom. The van der Waals surface area contributed by atoms with Crippen molar-refractivity contribution >= 4 is 5.78 Å². The van der Waals surface area contributed by atoms with Crippen LogP contribution in [0.3, 0.4) is 0 Å². The molecule has 2 heteroatoms. The third-order valence-electron chi connectivity index (χ3n) is 3.00. The monoisotopic (exact) mass is 181 g/mol. The highest BCUT2D eigenvalue weighted by molar-refractivity contribution is 5.94. The van der Waals surface area contributed by atoms with Crippen LogP contribution >= 0.6 is 0 Å². The SMILES string of the molecule is C=CC(=O)C1(CCC)CCNCC1. The molecule has 1 fully saturated rings. The second-order valence-electron chi connectivity index (χ2n) is 3.85. The van der Waals surface area contributed by atoms with Crippen LogP contribution in [-0.4, -0.2) is 18.9 Å². The zero-order valence-electron chi connectivity index (χ0n) is 8.44. The number of carbonyl (C=O) groups excluding carboxylic acids is 1. The highest BCUT2D eigenvalue weighted by atomic mass is 16.1. The second-order valence-corrected chi connectivity index (χ2v) is 3.85. The third kappa shape index (κ3) is 2.19. The summed E-state index contributed by atoms with van der Waals surface area (Å²) in [6, 6.07) is 0. The zero-order valence-corrected chi connectivity index (χ0v) is 8.44. The van der Waals surface area contributed by atoms with Gasteiger partial charge in [-0.2, -0.15) is 0 Å². The van der Waals surface area contributed by atoms with Gasteiger partial charge < -0.3 is 5.32 Å². The van der Waals surface area contributed by atoms with Crippen LogP contribution in [0.1, 0.15) is 32.6 Å². The topological polar surface area (TPSA) is 29.1 Å². The molecule has 0 amide bonds. The van der Waals surface area contributed by atoms with E-state index in [0.29, 0.717) is 0 Å². The maximum Gasteiger partial charge on any atom is 0.161 e. The molecule has 0 bridgehead atoms. The molecule has 1 saturated heterocycles. The summed E-state index contributed by atoms with van der Waals surface area (Å²) in [4.78, 5) is 11.7. The molecule has 1 rings (SSSR count). The Balaban J connectivity index is 2.71. The standard InChI is InChI=1S/C11H19NO/c1-3-5-11(10(13)4-2)6-8-12-9-7-11/h4,12H,2-3,5-9H2,1H3. The summed E-state index contributed by atoms with van der Waals surface area (Å²) >= 11 is 0. The van der Waals surface area contributed by atoms with Crippen LogP contribution in [0.15, 0.2) is 12.7 Å². The number of hydrogen-bond donors (Lipinski definition) is 1. The highest BCUT2D eigenvalue weighted by Crippen LogP contribution is 2.35. The molecule has 74 valence electrons. The summed E-state index contributed by atoms with van der Waals surface area (Å²) in [7, 11) is 0. The van der Waals surface area contributed by atoms with Gasteiger partial charge in [0.2, 0.25) is 0 Å². The maximum atomic E-state index is 11.7.